The number of sulfonamides is 1. The van der Waals surface area contributed by atoms with Gasteiger partial charge in [-0.2, -0.15) is 0 Å². The zero-order valence-electron chi connectivity index (χ0n) is 11.9. The summed E-state index contributed by atoms with van der Waals surface area (Å²) in [4.78, 5) is 0. The molecule has 0 saturated heterocycles. The van der Waals surface area contributed by atoms with E-state index < -0.39 is 16.1 Å². The van der Waals surface area contributed by atoms with Crippen LogP contribution in [0.2, 0.25) is 0 Å². The minimum absolute atomic E-state index is 0.0433. The largest absolute Gasteiger partial charge is 0.492 e. The average Bonchev–Trinajstić information content (AvgIpc) is 2.41. The summed E-state index contributed by atoms with van der Waals surface area (Å²) in [5, 5.41) is 9.79. The zero-order valence-corrected chi connectivity index (χ0v) is 12.7. The smallest absolute Gasteiger partial charge is 0.215 e. The van der Waals surface area contributed by atoms with Gasteiger partial charge in [-0.25, -0.2) is 13.1 Å². The van der Waals surface area contributed by atoms with Crippen LogP contribution in [0.15, 0.2) is 24.3 Å². The summed E-state index contributed by atoms with van der Waals surface area (Å²) >= 11 is 0. The molecule has 0 amide bonds. The Morgan fingerprint density at radius 1 is 1.33 bits per heavy atom. The molecule has 7 heteroatoms. The molecule has 0 aromatic heterocycles. The lowest BCUT2D eigenvalue weighted by atomic mass is 9.93. The molecule has 4 N–H and O–H groups in total. The summed E-state index contributed by atoms with van der Waals surface area (Å²) in [7, 11) is -3.46. The number of nitrogen functional groups attached to an aromatic ring is 1. The molecule has 6 nitrogen and oxygen atoms in total. The van der Waals surface area contributed by atoms with E-state index in [1.807, 2.05) is 0 Å². The average molecular weight is 314 g/mol. The first-order valence-electron chi connectivity index (χ1n) is 7.13. The summed E-state index contributed by atoms with van der Waals surface area (Å²) in [6, 6.07) is 6.47. The van der Waals surface area contributed by atoms with E-state index in [1.54, 1.807) is 24.3 Å². The minimum atomic E-state index is -3.46. The molecule has 0 bridgehead atoms. The number of hydrogen-bond donors (Lipinski definition) is 3. The lowest BCUT2D eigenvalue weighted by Gasteiger charge is -2.28. The second-order valence-electron chi connectivity index (χ2n) is 5.32. The van der Waals surface area contributed by atoms with Gasteiger partial charge in [-0.05, 0) is 25.0 Å². The van der Waals surface area contributed by atoms with Crippen molar-refractivity contribution in [2.75, 3.05) is 18.1 Å². The number of nitrogens with two attached hydrogens (primary N) is 1. The Morgan fingerprint density at radius 3 is 2.81 bits per heavy atom. The number of ether oxygens (including phenoxy) is 1. The summed E-state index contributed by atoms with van der Waals surface area (Å²) < 4.78 is 31.9. The molecule has 0 radical (unpaired) electrons. The predicted molar refractivity (Wildman–Crippen MR) is 81.5 cm³/mol. The molecule has 2 atom stereocenters. The van der Waals surface area contributed by atoms with Crippen LogP contribution in [0.5, 0.6) is 5.75 Å². The van der Waals surface area contributed by atoms with E-state index in [2.05, 4.69) is 4.72 Å². The molecule has 0 heterocycles. The van der Waals surface area contributed by atoms with E-state index >= 15 is 0 Å². The Balaban J connectivity index is 1.81. The van der Waals surface area contributed by atoms with Gasteiger partial charge in [0.25, 0.3) is 0 Å². The fourth-order valence-corrected chi connectivity index (χ4v) is 3.57. The number of aliphatic hydroxyl groups excluding tert-OH is 1. The fraction of sp³-hybridized carbons (Fsp3) is 0.571. The summed E-state index contributed by atoms with van der Waals surface area (Å²) in [5.74, 6) is 0.397. The van der Waals surface area contributed by atoms with Gasteiger partial charge in [-0.15, -0.1) is 0 Å². The molecule has 1 aromatic rings. The van der Waals surface area contributed by atoms with E-state index in [0.29, 0.717) is 24.3 Å². The number of benzene rings is 1. The van der Waals surface area contributed by atoms with Crippen molar-refractivity contribution in [2.24, 2.45) is 0 Å². The van der Waals surface area contributed by atoms with Crippen molar-refractivity contribution in [3.63, 3.8) is 0 Å². The van der Waals surface area contributed by atoms with Crippen LogP contribution in [-0.4, -0.2) is 38.0 Å². The first-order valence-corrected chi connectivity index (χ1v) is 8.78. The van der Waals surface area contributed by atoms with Crippen LogP contribution in [0, 0.1) is 0 Å². The van der Waals surface area contributed by atoms with Crippen molar-refractivity contribution in [3.05, 3.63) is 24.3 Å². The van der Waals surface area contributed by atoms with Gasteiger partial charge in [0.15, 0.2) is 0 Å². The van der Waals surface area contributed by atoms with Gasteiger partial charge in [0.05, 0.1) is 11.9 Å². The number of aliphatic hydroxyl groups is 1. The van der Waals surface area contributed by atoms with Crippen molar-refractivity contribution >= 4 is 15.7 Å². The van der Waals surface area contributed by atoms with Crippen LogP contribution in [0.25, 0.3) is 0 Å². The third-order valence-electron chi connectivity index (χ3n) is 3.54. The van der Waals surface area contributed by atoms with Gasteiger partial charge >= 0.3 is 0 Å². The highest BCUT2D eigenvalue weighted by Crippen LogP contribution is 2.19. The first-order chi connectivity index (χ1) is 9.96. The Hall–Kier alpha value is -1.31. The van der Waals surface area contributed by atoms with Crippen LogP contribution in [-0.2, 0) is 10.0 Å². The molecular formula is C14H22N2O4S. The molecular weight excluding hydrogens is 292 g/mol. The Morgan fingerprint density at radius 2 is 2.10 bits per heavy atom. The van der Waals surface area contributed by atoms with Gasteiger partial charge in [-0.3, -0.25) is 0 Å². The normalized spacial score (nSPS) is 22.9. The van der Waals surface area contributed by atoms with Gasteiger partial charge in [0.1, 0.15) is 12.4 Å². The first kappa shape index (κ1) is 16.1. The molecule has 118 valence electrons. The highest BCUT2D eigenvalue weighted by molar-refractivity contribution is 7.89. The van der Waals surface area contributed by atoms with E-state index in [-0.39, 0.29) is 18.4 Å². The SMILES string of the molecule is Nc1cccc(OCCS(=O)(=O)N[C@H]2CCCC[C@@H]2O)c1. The quantitative estimate of drug-likeness (QED) is 0.676. The van der Waals surface area contributed by atoms with E-state index in [4.69, 9.17) is 10.5 Å². The number of nitrogens with one attached hydrogen (secondary N) is 1. The van der Waals surface area contributed by atoms with Gasteiger partial charge in [0.2, 0.25) is 10.0 Å². The number of hydrogen-bond acceptors (Lipinski definition) is 5. The van der Waals surface area contributed by atoms with Crippen molar-refractivity contribution in [1.29, 1.82) is 0 Å². The van der Waals surface area contributed by atoms with Crippen LogP contribution < -0.4 is 15.2 Å². The summed E-state index contributed by atoms with van der Waals surface area (Å²) in [5.41, 5.74) is 6.19. The number of rotatable bonds is 6. The second kappa shape index (κ2) is 7.11. The maximum absolute atomic E-state index is 12.0. The molecule has 2 rings (SSSR count). The predicted octanol–water partition coefficient (Wildman–Crippen LogP) is 0.870. The standard InChI is InChI=1S/C14H22N2O4S/c15-11-4-3-5-12(10-11)20-8-9-21(18,19)16-13-6-1-2-7-14(13)17/h3-5,10,13-14,16-17H,1-2,6-9,15H2/t13-,14-/m0/s1. The zero-order chi connectivity index (χ0) is 15.3. The fourth-order valence-electron chi connectivity index (χ4n) is 2.41. The molecule has 0 spiro atoms. The van der Waals surface area contributed by atoms with Crippen molar-refractivity contribution in [2.45, 2.75) is 37.8 Å². The van der Waals surface area contributed by atoms with Gasteiger partial charge in [0, 0.05) is 17.8 Å². The third-order valence-corrected chi connectivity index (χ3v) is 4.91. The highest BCUT2D eigenvalue weighted by Gasteiger charge is 2.27. The third kappa shape index (κ3) is 5.18. The van der Waals surface area contributed by atoms with Crippen molar-refractivity contribution in [3.8, 4) is 5.75 Å². The molecule has 21 heavy (non-hydrogen) atoms. The van der Waals surface area contributed by atoms with Crippen molar-refractivity contribution < 1.29 is 18.3 Å². The molecule has 1 saturated carbocycles. The minimum Gasteiger partial charge on any atom is -0.492 e. The topological polar surface area (TPSA) is 102 Å². The Labute approximate surface area is 125 Å². The second-order valence-corrected chi connectivity index (χ2v) is 7.19. The monoisotopic (exact) mass is 314 g/mol. The maximum Gasteiger partial charge on any atom is 0.215 e. The Kier molecular flexibility index (Phi) is 5.44. The van der Waals surface area contributed by atoms with Crippen LogP contribution in [0.1, 0.15) is 25.7 Å². The van der Waals surface area contributed by atoms with Crippen LogP contribution in [0.3, 0.4) is 0 Å². The van der Waals surface area contributed by atoms with Crippen LogP contribution in [0.4, 0.5) is 5.69 Å². The number of anilines is 1. The molecule has 1 aromatic carbocycles. The van der Waals surface area contributed by atoms with Gasteiger partial charge < -0.3 is 15.6 Å². The molecule has 0 aliphatic heterocycles. The lowest BCUT2D eigenvalue weighted by Crippen LogP contribution is -2.46. The van der Waals surface area contributed by atoms with E-state index in [1.165, 1.54) is 0 Å². The molecule has 0 unspecified atom stereocenters. The van der Waals surface area contributed by atoms with Crippen molar-refractivity contribution in [1.82, 2.24) is 4.72 Å². The molecule has 1 aliphatic rings. The van der Waals surface area contributed by atoms with E-state index in [0.717, 1.165) is 12.8 Å². The van der Waals surface area contributed by atoms with Crippen LogP contribution >= 0.6 is 0 Å². The summed E-state index contributed by atoms with van der Waals surface area (Å²) in [6.07, 6.45) is 2.61. The summed E-state index contributed by atoms with van der Waals surface area (Å²) in [6.45, 7) is 0.0433. The lowest BCUT2D eigenvalue weighted by molar-refractivity contribution is 0.101. The Bertz CT molecular complexity index is 562. The molecule has 1 fully saturated rings. The van der Waals surface area contributed by atoms with Gasteiger partial charge in [-0.1, -0.05) is 18.9 Å². The highest BCUT2D eigenvalue weighted by atomic mass is 32.2. The molecule has 1 aliphatic carbocycles. The maximum atomic E-state index is 12.0. The van der Waals surface area contributed by atoms with E-state index in [9.17, 15) is 13.5 Å².